The van der Waals surface area contributed by atoms with Crippen molar-refractivity contribution in [2.75, 3.05) is 51.8 Å². The Balaban J connectivity index is 1.61. The highest BCUT2D eigenvalue weighted by molar-refractivity contribution is 5.89. The van der Waals surface area contributed by atoms with E-state index in [4.69, 9.17) is 9.47 Å². The molecule has 7 nitrogen and oxygen atoms in total. The monoisotopic (exact) mass is 552 g/mol. The predicted octanol–water partition coefficient (Wildman–Crippen LogP) is 4.57. The molecule has 1 aromatic carbocycles. The molecule has 5 rings (SSSR count). The molecule has 0 bridgehead atoms. The second kappa shape index (κ2) is 10.1. The molecule has 2 aromatic heterocycles. The summed E-state index contributed by atoms with van der Waals surface area (Å²) < 4.78 is 81.2. The zero-order chi connectivity index (χ0) is 28.1. The second-order valence-corrected chi connectivity index (χ2v) is 10.4. The van der Waals surface area contributed by atoms with Crippen molar-refractivity contribution >= 4 is 16.7 Å². The van der Waals surface area contributed by atoms with E-state index in [-0.39, 0.29) is 11.0 Å². The van der Waals surface area contributed by atoms with Gasteiger partial charge in [-0.05, 0) is 32.5 Å². The van der Waals surface area contributed by atoms with Gasteiger partial charge >= 0.3 is 6.18 Å². The van der Waals surface area contributed by atoms with Crippen molar-refractivity contribution in [2.45, 2.75) is 37.0 Å². The Labute approximate surface area is 221 Å². The van der Waals surface area contributed by atoms with E-state index >= 15 is 0 Å². The molecule has 0 spiro atoms. The maximum absolute atomic E-state index is 14.7. The van der Waals surface area contributed by atoms with Crippen LogP contribution in [0, 0.1) is 11.6 Å². The molecule has 0 unspecified atom stereocenters. The number of ether oxygens (including phenoxy) is 2. The molecule has 2 fully saturated rings. The van der Waals surface area contributed by atoms with Crippen molar-refractivity contribution in [3.63, 3.8) is 0 Å². The Kier molecular flexibility index (Phi) is 7.04. The summed E-state index contributed by atoms with van der Waals surface area (Å²) in [4.78, 5) is 25.3. The minimum Gasteiger partial charge on any atom is -0.493 e. The molecule has 0 amide bonds. The first-order valence-electron chi connectivity index (χ1n) is 12.6. The van der Waals surface area contributed by atoms with Gasteiger partial charge in [0.15, 0.2) is 22.6 Å². The molecule has 210 valence electrons. The number of nitrogens with zero attached hydrogens (tertiary/aromatic N) is 3. The molecule has 3 aromatic rings. The maximum Gasteiger partial charge on any atom is 0.417 e. The molecule has 0 saturated carbocycles. The number of alkyl halides is 3. The lowest BCUT2D eigenvalue weighted by atomic mass is 9.74. The van der Waals surface area contributed by atoms with Gasteiger partial charge in [0, 0.05) is 61.5 Å². The van der Waals surface area contributed by atoms with Crippen molar-refractivity contribution in [1.82, 2.24) is 14.9 Å². The molecule has 12 heteroatoms. The van der Waals surface area contributed by atoms with Gasteiger partial charge in [0.25, 0.3) is 0 Å². The maximum atomic E-state index is 14.7. The number of halogens is 5. The van der Waals surface area contributed by atoms with E-state index in [0.717, 1.165) is 33.2 Å². The number of aromatic amines is 1. The average molecular weight is 553 g/mol. The third-order valence-electron chi connectivity index (χ3n) is 7.91. The Bertz CT molecular complexity index is 1440. The lowest BCUT2D eigenvalue weighted by Crippen LogP contribution is -2.51. The topological polar surface area (TPSA) is 70.7 Å². The van der Waals surface area contributed by atoms with Crippen LogP contribution in [0.4, 0.5) is 27.8 Å². The quantitative estimate of drug-likeness (QED) is 0.479. The van der Waals surface area contributed by atoms with Gasteiger partial charge in [-0.25, -0.2) is 9.37 Å². The molecule has 2 aliphatic heterocycles. The van der Waals surface area contributed by atoms with Crippen LogP contribution in [0.1, 0.15) is 36.4 Å². The summed E-state index contributed by atoms with van der Waals surface area (Å²) in [6, 6.07) is 5.07. The fraction of sp³-hybridized carbons (Fsp3) is 0.481. The number of anilines is 1. The minimum atomic E-state index is -4.72. The molecule has 0 aliphatic carbocycles. The normalized spacial score (nSPS) is 24.8. The molecule has 2 saturated heterocycles. The van der Waals surface area contributed by atoms with Crippen LogP contribution >= 0.6 is 0 Å². The lowest BCUT2D eigenvalue weighted by molar-refractivity contribution is -0.286. The van der Waals surface area contributed by atoms with E-state index in [0.29, 0.717) is 35.5 Å². The molecular formula is C27H29F5N4O3. The Morgan fingerprint density at radius 3 is 2.51 bits per heavy atom. The Morgan fingerprint density at radius 1 is 1.13 bits per heavy atom. The number of hydrogen-bond acceptors (Lipinski definition) is 6. The van der Waals surface area contributed by atoms with E-state index in [2.05, 4.69) is 14.9 Å². The zero-order valence-electron chi connectivity index (χ0n) is 21.7. The zero-order valence-corrected chi connectivity index (χ0v) is 21.7. The summed E-state index contributed by atoms with van der Waals surface area (Å²) in [5.74, 6) is -4.22. The average Bonchev–Trinajstić information content (AvgIpc) is 2.89. The van der Waals surface area contributed by atoms with Gasteiger partial charge in [0.05, 0.1) is 24.6 Å². The number of hydrogen-bond donors (Lipinski definition) is 1. The minimum absolute atomic E-state index is 0.0639. The molecule has 0 radical (unpaired) electrons. The molecule has 39 heavy (non-hydrogen) atoms. The van der Waals surface area contributed by atoms with Gasteiger partial charge < -0.3 is 24.3 Å². The third kappa shape index (κ3) is 4.84. The first-order valence-corrected chi connectivity index (χ1v) is 12.6. The standard InChI is InChI=1S/C27H29F5N4O3/c1-26(27(30,31)32)13-16(15-4-5-18(28)23(29)24(15)38-3)17(14-39-26)20-12-21(37)22-19(34-20)6-7-33-25(22)36-10-8-35(2)9-11-36/h4-7,12,16-17H,8-11,13-14H2,1-3H3,(H,34,37)/t16-,17+,26+/m0/s1. The Hall–Kier alpha value is -3.25. The number of rotatable bonds is 4. The SMILES string of the molecule is COc1c([C@@H]2C[C@](C)(C(F)(F)F)OC[C@H]2c2cc(=O)c3c(N4CCN(C)CC4)nccc3[nH]2)ccc(F)c1F. The number of fused-ring (bicyclic) bond motifs is 1. The summed E-state index contributed by atoms with van der Waals surface area (Å²) in [5, 5.41) is 0.379. The largest absolute Gasteiger partial charge is 0.493 e. The van der Waals surface area contributed by atoms with Crippen LogP contribution in [0.3, 0.4) is 0 Å². The number of aromatic nitrogens is 2. The van der Waals surface area contributed by atoms with Gasteiger partial charge in [-0.15, -0.1) is 0 Å². The molecule has 1 N–H and O–H groups in total. The van der Waals surface area contributed by atoms with Crippen molar-refractivity contribution in [3.8, 4) is 5.75 Å². The number of pyridine rings is 2. The van der Waals surface area contributed by atoms with E-state index in [1.165, 1.54) is 12.1 Å². The second-order valence-electron chi connectivity index (χ2n) is 10.4. The summed E-state index contributed by atoms with van der Waals surface area (Å²) in [6.45, 7) is 3.51. The Morgan fingerprint density at radius 2 is 1.85 bits per heavy atom. The van der Waals surface area contributed by atoms with Crippen LogP contribution in [-0.4, -0.2) is 73.6 Å². The molecule has 2 aliphatic rings. The number of nitrogens with one attached hydrogen (secondary N) is 1. The van der Waals surface area contributed by atoms with Gasteiger partial charge in [0.2, 0.25) is 5.82 Å². The fourth-order valence-corrected chi connectivity index (χ4v) is 5.55. The highest BCUT2D eigenvalue weighted by atomic mass is 19.4. The van der Waals surface area contributed by atoms with Gasteiger partial charge in [-0.1, -0.05) is 6.07 Å². The number of benzene rings is 1. The van der Waals surface area contributed by atoms with E-state index in [1.807, 2.05) is 11.9 Å². The van der Waals surface area contributed by atoms with Crippen molar-refractivity contribution < 1.29 is 31.4 Å². The third-order valence-corrected chi connectivity index (χ3v) is 7.91. The number of likely N-dealkylation sites (N-methyl/N-ethyl adjacent to an activating group) is 1. The summed E-state index contributed by atoms with van der Waals surface area (Å²) in [7, 11) is 3.14. The van der Waals surface area contributed by atoms with Crippen molar-refractivity contribution in [2.24, 2.45) is 0 Å². The fourth-order valence-electron chi connectivity index (χ4n) is 5.55. The van der Waals surface area contributed by atoms with Gasteiger partial charge in [0.1, 0.15) is 5.82 Å². The first-order chi connectivity index (χ1) is 18.4. The van der Waals surface area contributed by atoms with Gasteiger partial charge in [-0.2, -0.15) is 17.6 Å². The molecule has 4 heterocycles. The van der Waals surface area contributed by atoms with E-state index in [9.17, 15) is 26.7 Å². The first kappa shape index (κ1) is 27.3. The summed E-state index contributed by atoms with van der Waals surface area (Å²) in [5.41, 5.74) is -2.03. The lowest BCUT2D eigenvalue weighted by Gasteiger charge is -2.44. The van der Waals surface area contributed by atoms with E-state index < -0.39 is 54.0 Å². The molecule has 3 atom stereocenters. The smallest absolute Gasteiger partial charge is 0.417 e. The van der Waals surface area contributed by atoms with Crippen LogP contribution in [0.15, 0.2) is 35.3 Å². The summed E-state index contributed by atoms with van der Waals surface area (Å²) >= 11 is 0. The van der Waals surface area contributed by atoms with Crippen LogP contribution in [0.25, 0.3) is 10.9 Å². The predicted molar refractivity (Wildman–Crippen MR) is 135 cm³/mol. The van der Waals surface area contributed by atoms with Crippen LogP contribution < -0.4 is 15.1 Å². The van der Waals surface area contributed by atoms with Crippen molar-refractivity contribution in [1.29, 1.82) is 0 Å². The number of methoxy groups -OCH3 is 1. The number of piperazine rings is 1. The van der Waals surface area contributed by atoms with Crippen LogP contribution in [-0.2, 0) is 4.74 Å². The summed E-state index contributed by atoms with van der Waals surface area (Å²) in [6.07, 6.45) is -3.74. The van der Waals surface area contributed by atoms with Gasteiger partial charge in [-0.3, -0.25) is 4.79 Å². The highest BCUT2D eigenvalue weighted by Gasteiger charge is 2.57. The molecular weight excluding hydrogens is 523 g/mol. The number of H-pyrrole nitrogens is 1. The van der Waals surface area contributed by atoms with E-state index in [1.54, 1.807) is 12.3 Å². The van der Waals surface area contributed by atoms with Crippen LogP contribution in [0.5, 0.6) is 5.75 Å². The van der Waals surface area contributed by atoms with Crippen molar-refractivity contribution in [3.05, 3.63) is 63.6 Å². The van der Waals surface area contributed by atoms with Crippen LogP contribution in [0.2, 0.25) is 0 Å². The highest BCUT2D eigenvalue weighted by Crippen LogP contribution is 2.51.